The number of aryl methyl sites for hydroxylation is 1. The lowest BCUT2D eigenvalue weighted by atomic mass is 10.0. The van der Waals surface area contributed by atoms with Crippen LogP contribution in [0.3, 0.4) is 0 Å². The molecule has 1 N–H and O–H groups in total. The van der Waals surface area contributed by atoms with Gasteiger partial charge in [0, 0.05) is 6.42 Å². The SMILES string of the molecule is CCCc1nc(C(C)(C)O)c(C(=O)OCC)n1N=O. The summed E-state index contributed by atoms with van der Waals surface area (Å²) in [7, 11) is 0. The van der Waals surface area contributed by atoms with Gasteiger partial charge in [-0.2, -0.15) is 4.68 Å². The fourth-order valence-corrected chi connectivity index (χ4v) is 1.74. The van der Waals surface area contributed by atoms with E-state index in [1.165, 1.54) is 13.8 Å². The minimum absolute atomic E-state index is 0.104. The van der Waals surface area contributed by atoms with Crippen molar-refractivity contribution in [3.8, 4) is 0 Å². The van der Waals surface area contributed by atoms with Crippen LogP contribution in [0, 0.1) is 4.91 Å². The number of aliphatic hydroxyl groups is 1. The summed E-state index contributed by atoms with van der Waals surface area (Å²) in [6.07, 6.45) is 1.22. The van der Waals surface area contributed by atoms with Gasteiger partial charge in [-0.25, -0.2) is 9.78 Å². The number of esters is 1. The summed E-state index contributed by atoms with van der Waals surface area (Å²) in [5.74, 6) is -0.369. The van der Waals surface area contributed by atoms with Crippen LogP contribution in [0.25, 0.3) is 0 Å². The van der Waals surface area contributed by atoms with Crippen LogP contribution in [0.5, 0.6) is 0 Å². The maximum absolute atomic E-state index is 11.9. The molecule has 0 radical (unpaired) electrons. The lowest BCUT2D eigenvalue weighted by molar-refractivity contribution is 0.0469. The monoisotopic (exact) mass is 269 g/mol. The zero-order chi connectivity index (χ0) is 14.6. The quantitative estimate of drug-likeness (QED) is 0.627. The van der Waals surface area contributed by atoms with E-state index in [1.54, 1.807) is 6.92 Å². The number of aromatic nitrogens is 2. The number of imidazole rings is 1. The number of nitroso groups, excluding NO2 is 1. The first-order valence-corrected chi connectivity index (χ1v) is 6.22. The Bertz CT molecular complexity index is 474. The molecule has 0 unspecified atom stereocenters. The Labute approximate surface area is 111 Å². The van der Waals surface area contributed by atoms with Gasteiger partial charge in [-0.05, 0) is 27.2 Å². The summed E-state index contributed by atoms with van der Waals surface area (Å²) in [4.78, 5) is 27.0. The van der Waals surface area contributed by atoms with E-state index >= 15 is 0 Å². The molecule has 19 heavy (non-hydrogen) atoms. The first-order valence-electron chi connectivity index (χ1n) is 6.22. The third-order valence-corrected chi connectivity index (χ3v) is 2.53. The highest BCUT2D eigenvalue weighted by Crippen LogP contribution is 2.25. The number of nitrogens with zero attached hydrogens (tertiary/aromatic N) is 3. The second kappa shape index (κ2) is 5.92. The Kier molecular flexibility index (Phi) is 4.77. The number of hydrogen-bond donors (Lipinski definition) is 1. The smallest absolute Gasteiger partial charge is 0.359 e. The number of hydrogen-bond acceptors (Lipinski definition) is 6. The number of carbonyl (C=O) groups is 1. The molecule has 1 aromatic rings. The summed E-state index contributed by atoms with van der Waals surface area (Å²) in [6, 6.07) is 0. The molecule has 0 aliphatic heterocycles. The van der Waals surface area contributed by atoms with Crippen LogP contribution in [0.4, 0.5) is 0 Å². The average molecular weight is 269 g/mol. The minimum Gasteiger partial charge on any atom is -0.461 e. The van der Waals surface area contributed by atoms with Gasteiger partial charge < -0.3 is 9.84 Å². The van der Waals surface area contributed by atoms with Gasteiger partial charge in [0.25, 0.3) is 0 Å². The minimum atomic E-state index is -1.36. The predicted octanol–water partition coefficient (Wildman–Crippen LogP) is 1.77. The van der Waals surface area contributed by atoms with Crippen molar-refractivity contribution in [2.75, 3.05) is 6.61 Å². The highest BCUT2D eigenvalue weighted by molar-refractivity contribution is 5.89. The van der Waals surface area contributed by atoms with Gasteiger partial charge in [0.15, 0.2) is 5.69 Å². The molecule has 0 aliphatic rings. The molecule has 1 rings (SSSR count). The molecule has 7 heteroatoms. The molecule has 0 fully saturated rings. The zero-order valence-corrected chi connectivity index (χ0v) is 11.6. The molecule has 1 heterocycles. The third kappa shape index (κ3) is 3.17. The molecule has 0 atom stereocenters. The van der Waals surface area contributed by atoms with E-state index in [2.05, 4.69) is 10.3 Å². The maximum atomic E-state index is 11.9. The molecule has 7 nitrogen and oxygen atoms in total. The van der Waals surface area contributed by atoms with E-state index in [1.807, 2.05) is 6.92 Å². The van der Waals surface area contributed by atoms with Crippen molar-refractivity contribution in [3.05, 3.63) is 22.1 Å². The maximum Gasteiger partial charge on any atom is 0.359 e. The van der Waals surface area contributed by atoms with Crippen LogP contribution >= 0.6 is 0 Å². The Morgan fingerprint density at radius 3 is 2.53 bits per heavy atom. The fraction of sp³-hybridized carbons (Fsp3) is 0.667. The predicted molar refractivity (Wildman–Crippen MR) is 68.6 cm³/mol. The van der Waals surface area contributed by atoms with Gasteiger partial charge in [0.2, 0.25) is 0 Å². The summed E-state index contributed by atoms with van der Waals surface area (Å²) < 4.78 is 5.80. The lowest BCUT2D eigenvalue weighted by Crippen LogP contribution is -2.22. The van der Waals surface area contributed by atoms with Gasteiger partial charge in [-0.3, -0.25) is 0 Å². The van der Waals surface area contributed by atoms with Gasteiger partial charge in [0.1, 0.15) is 17.1 Å². The third-order valence-electron chi connectivity index (χ3n) is 2.53. The Hall–Kier alpha value is -1.76. The molecule has 0 bridgehead atoms. The highest BCUT2D eigenvalue weighted by Gasteiger charge is 2.33. The average Bonchev–Trinajstić information content (AvgIpc) is 2.68. The Balaban J connectivity index is 3.45. The second-order valence-electron chi connectivity index (χ2n) is 4.65. The Morgan fingerprint density at radius 1 is 1.47 bits per heavy atom. The van der Waals surface area contributed by atoms with E-state index in [-0.39, 0.29) is 18.0 Å². The zero-order valence-electron chi connectivity index (χ0n) is 11.6. The molecule has 106 valence electrons. The number of rotatable bonds is 6. The molecule has 0 amide bonds. The summed E-state index contributed by atoms with van der Waals surface area (Å²) >= 11 is 0. The van der Waals surface area contributed by atoms with Crippen molar-refractivity contribution in [2.24, 2.45) is 5.29 Å². The molecular formula is C12H19N3O4. The van der Waals surface area contributed by atoms with Crippen LogP contribution in [0.2, 0.25) is 0 Å². The first kappa shape index (κ1) is 15.3. The largest absolute Gasteiger partial charge is 0.461 e. The van der Waals surface area contributed by atoms with Gasteiger partial charge >= 0.3 is 5.97 Å². The Morgan fingerprint density at radius 2 is 2.11 bits per heavy atom. The van der Waals surface area contributed by atoms with Crippen molar-refractivity contribution in [1.29, 1.82) is 0 Å². The van der Waals surface area contributed by atoms with Crippen molar-refractivity contribution < 1.29 is 14.6 Å². The standard InChI is InChI=1S/C12H19N3O4/c1-5-7-8-13-10(12(3,4)17)9(15(8)14-18)11(16)19-6-2/h17H,5-7H2,1-4H3. The van der Waals surface area contributed by atoms with Gasteiger partial charge in [0.05, 0.1) is 11.9 Å². The first-order chi connectivity index (χ1) is 8.86. The van der Waals surface area contributed by atoms with Crippen molar-refractivity contribution >= 4 is 5.97 Å². The fourth-order valence-electron chi connectivity index (χ4n) is 1.74. The van der Waals surface area contributed by atoms with E-state index < -0.39 is 11.6 Å². The van der Waals surface area contributed by atoms with E-state index in [4.69, 9.17) is 4.74 Å². The summed E-state index contributed by atoms with van der Waals surface area (Å²) in [6.45, 7) is 6.71. The van der Waals surface area contributed by atoms with Crippen LogP contribution < -0.4 is 0 Å². The molecule has 0 saturated heterocycles. The van der Waals surface area contributed by atoms with Gasteiger partial charge in [-0.15, -0.1) is 4.91 Å². The molecule has 0 aromatic carbocycles. The normalized spacial score (nSPS) is 11.4. The van der Waals surface area contributed by atoms with E-state index in [9.17, 15) is 14.8 Å². The van der Waals surface area contributed by atoms with Crippen LogP contribution in [-0.2, 0) is 16.8 Å². The van der Waals surface area contributed by atoms with Crippen LogP contribution in [0.15, 0.2) is 5.29 Å². The summed E-state index contributed by atoms with van der Waals surface area (Å²) in [5, 5.41) is 12.9. The van der Waals surface area contributed by atoms with Gasteiger partial charge in [-0.1, -0.05) is 6.92 Å². The van der Waals surface area contributed by atoms with Crippen molar-refractivity contribution in [2.45, 2.75) is 46.1 Å². The number of ether oxygens (including phenoxy) is 1. The molecule has 0 aliphatic carbocycles. The van der Waals surface area contributed by atoms with Crippen molar-refractivity contribution in [1.82, 2.24) is 9.66 Å². The topological polar surface area (TPSA) is 93.8 Å². The number of carbonyl (C=O) groups excluding carboxylic acids is 1. The molecule has 0 saturated carbocycles. The van der Waals surface area contributed by atoms with Crippen LogP contribution in [0.1, 0.15) is 56.1 Å². The van der Waals surface area contributed by atoms with E-state index in [0.29, 0.717) is 12.2 Å². The van der Waals surface area contributed by atoms with Crippen molar-refractivity contribution in [3.63, 3.8) is 0 Å². The highest BCUT2D eigenvalue weighted by atomic mass is 16.5. The molecular weight excluding hydrogens is 250 g/mol. The molecule has 1 aromatic heterocycles. The summed E-state index contributed by atoms with van der Waals surface area (Å²) in [5.41, 5.74) is -1.36. The van der Waals surface area contributed by atoms with Crippen LogP contribution in [-0.4, -0.2) is 27.3 Å². The molecule has 0 spiro atoms. The lowest BCUT2D eigenvalue weighted by Gasteiger charge is -2.15. The van der Waals surface area contributed by atoms with E-state index in [0.717, 1.165) is 11.1 Å². The second-order valence-corrected chi connectivity index (χ2v) is 4.65.